The largest absolute Gasteiger partial charge is 0.496 e. The van der Waals surface area contributed by atoms with Crippen LogP contribution in [0.4, 0.5) is 0 Å². The van der Waals surface area contributed by atoms with Gasteiger partial charge >= 0.3 is 0 Å². The van der Waals surface area contributed by atoms with Crippen molar-refractivity contribution >= 4 is 0 Å². The van der Waals surface area contributed by atoms with Gasteiger partial charge < -0.3 is 9.47 Å². The summed E-state index contributed by atoms with van der Waals surface area (Å²) in [6.07, 6.45) is 0. The zero-order valence-electron chi connectivity index (χ0n) is 7.46. The lowest BCUT2D eigenvalue weighted by molar-refractivity contribution is 0.338. The van der Waals surface area contributed by atoms with Crippen LogP contribution in [-0.2, 0) is 0 Å². The van der Waals surface area contributed by atoms with E-state index in [2.05, 4.69) is 6.92 Å². The first-order chi connectivity index (χ1) is 5.77. The highest BCUT2D eigenvalue weighted by Gasteiger charge is 1.98. The van der Waals surface area contributed by atoms with Crippen molar-refractivity contribution < 1.29 is 9.47 Å². The third-order valence-electron chi connectivity index (χ3n) is 1.56. The molecule has 0 aliphatic heterocycles. The number of benzene rings is 1. The minimum atomic E-state index is 0.672. The topological polar surface area (TPSA) is 18.5 Å². The van der Waals surface area contributed by atoms with E-state index in [4.69, 9.17) is 9.47 Å². The summed E-state index contributed by atoms with van der Waals surface area (Å²) in [6, 6.07) is 5.59. The first-order valence-corrected chi connectivity index (χ1v) is 3.90. The van der Waals surface area contributed by atoms with Gasteiger partial charge in [-0.3, -0.25) is 0 Å². The summed E-state index contributed by atoms with van der Waals surface area (Å²) < 4.78 is 10.4. The van der Waals surface area contributed by atoms with Crippen molar-refractivity contribution in [1.82, 2.24) is 0 Å². The Bertz CT molecular complexity index is 256. The molecule has 2 nitrogen and oxygen atoms in total. The van der Waals surface area contributed by atoms with Gasteiger partial charge in [-0.1, -0.05) is 0 Å². The molecule has 0 aliphatic rings. The van der Waals surface area contributed by atoms with E-state index in [1.807, 2.05) is 25.1 Å². The molecule has 0 unspecified atom stereocenters. The maximum atomic E-state index is 5.29. The molecular formula is C10H13O2. The zero-order valence-corrected chi connectivity index (χ0v) is 7.46. The molecule has 0 heterocycles. The van der Waals surface area contributed by atoms with Crippen molar-refractivity contribution in [1.29, 1.82) is 0 Å². The van der Waals surface area contributed by atoms with Gasteiger partial charge in [-0.05, 0) is 37.6 Å². The molecule has 0 saturated carbocycles. The van der Waals surface area contributed by atoms with Gasteiger partial charge in [0.1, 0.15) is 11.5 Å². The lowest BCUT2D eigenvalue weighted by Gasteiger charge is -2.07. The van der Waals surface area contributed by atoms with E-state index in [0.29, 0.717) is 6.61 Å². The molecule has 0 bridgehead atoms. The van der Waals surface area contributed by atoms with Crippen molar-refractivity contribution in [3.05, 3.63) is 30.7 Å². The zero-order chi connectivity index (χ0) is 8.97. The quantitative estimate of drug-likeness (QED) is 0.684. The summed E-state index contributed by atoms with van der Waals surface area (Å²) in [5.41, 5.74) is 0.850. The van der Waals surface area contributed by atoms with E-state index < -0.39 is 0 Å². The molecule has 0 atom stereocenters. The summed E-state index contributed by atoms with van der Waals surface area (Å²) in [5.74, 6) is 1.63. The second-order valence-corrected chi connectivity index (χ2v) is 2.41. The Labute approximate surface area is 73.1 Å². The van der Waals surface area contributed by atoms with Gasteiger partial charge in [-0.25, -0.2) is 0 Å². The fraction of sp³-hybridized carbons (Fsp3) is 0.300. The van der Waals surface area contributed by atoms with Gasteiger partial charge in [0.2, 0.25) is 0 Å². The van der Waals surface area contributed by atoms with Gasteiger partial charge in [0.25, 0.3) is 0 Å². The molecule has 1 radical (unpaired) electrons. The van der Waals surface area contributed by atoms with Crippen LogP contribution >= 0.6 is 0 Å². The van der Waals surface area contributed by atoms with Crippen LogP contribution in [0.15, 0.2) is 18.2 Å². The minimum Gasteiger partial charge on any atom is -0.496 e. The molecule has 65 valence electrons. The maximum absolute atomic E-state index is 5.29. The number of ether oxygens (including phenoxy) is 2. The molecule has 2 heteroatoms. The Kier molecular flexibility index (Phi) is 2.97. The van der Waals surface area contributed by atoms with Crippen LogP contribution in [-0.4, -0.2) is 13.7 Å². The van der Waals surface area contributed by atoms with Crippen molar-refractivity contribution in [2.24, 2.45) is 0 Å². The van der Waals surface area contributed by atoms with Crippen molar-refractivity contribution in [3.63, 3.8) is 0 Å². The van der Waals surface area contributed by atoms with E-state index >= 15 is 0 Å². The molecule has 12 heavy (non-hydrogen) atoms. The average molecular weight is 165 g/mol. The SMILES string of the molecule is [CH2]c1cc(OCC)ccc1OC. The van der Waals surface area contributed by atoms with Crippen LogP contribution in [0.25, 0.3) is 0 Å². The van der Waals surface area contributed by atoms with Crippen LogP contribution in [0.1, 0.15) is 12.5 Å². The number of rotatable bonds is 3. The van der Waals surface area contributed by atoms with Gasteiger partial charge in [-0.2, -0.15) is 0 Å². The fourth-order valence-corrected chi connectivity index (χ4v) is 1.01. The predicted octanol–water partition coefficient (Wildman–Crippen LogP) is 2.28. The van der Waals surface area contributed by atoms with Gasteiger partial charge in [0.05, 0.1) is 13.7 Å². The molecule has 1 aromatic carbocycles. The van der Waals surface area contributed by atoms with E-state index in [1.165, 1.54) is 0 Å². The standard InChI is InChI=1S/C10H13O2/c1-4-12-9-5-6-10(11-3)8(2)7-9/h5-7H,2,4H2,1,3H3. The molecule has 0 aliphatic carbocycles. The molecule has 1 aromatic rings. The van der Waals surface area contributed by atoms with Crippen LogP contribution < -0.4 is 9.47 Å². The van der Waals surface area contributed by atoms with E-state index in [0.717, 1.165) is 17.1 Å². The third-order valence-corrected chi connectivity index (χ3v) is 1.56. The summed E-state index contributed by atoms with van der Waals surface area (Å²) in [5, 5.41) is 0. The fourth-order valence-electron chi connectivity index (χ4n) is 1.01. The Balaban J connectivity index is 2.86. The van der Waals surface area contributed by atoms with Crippen LogP contribution in [0, 0.1) is 6.92 Å². The molecule has 0 saturated heterocycles. The molecule has 0 spiro atoms. The molecule has 0 fully saturated rings. The number of methoxy groups -OCH3 is 1. The van der Waals surface area contributed by atoms with Crippen molar-refractivity contribution in [2.45, 2.75) is 6.92 Å². The van der Waals surface area contributed by atoms with Gasteiger partial charge in [-0.15, -0.1) is 0 Å². The molecule has 0 aromatic heterocycles. The first kappa shape index (κ1) is 8.91. The summed E-state index contributed by atoms with van der Waals surface area (Å²) in [7, 11) is 1.63. The second-order valence-electron chi connectivity index (χ2n) is 2.41. The number of hydrogen-bond acceptors (Lipinski definition) is 2. The van der Waals surface area contributed by atoms with E-state index in [-0.39, 0.29) is 0 Å². The number of hydrogen-bond donors (Lipinski definition) is 0. The van der Waals surface area contributed by atoms with Crippen molar-refractivity contribution in [2.75, 3.05) is 13.7 Å². The molecular weight excluding hydrogens is 152 g/mol. The van der Waals surface area contributed by atoms with Crippen LogP contribution in [0.3, 0.4) is 0 Å². The lowest BCUT2D eigenvalue weighted by atomic mass is 10.2. The van der Waals surface area contributed by atoms with Crippen molar-refractivity contribution in [3.8, 4) is 11.5 Å². The van der Waals surface area contributed by atoms with E-state index in [9.17, 15) is 0 Å². The Morgan fingerprint density at radius 1 is 1.42 bits per heavy atom. The molecule has 1 rings (SSSR count). The monoisotopic (exact) mass is 165 g/mol. The lowest BCUT2D eigenvalue weighted by Crippen LogP contribution is -1.93. The van der Waals surface area contributed by atoms with E-state index in [1.54, 1.807) is 7.11 Å². The van der Waals surface area contributed by atoms with Crippen LogP contribution in [0.2, 0.25) is 0 Å². The normalized spacial score (nSPS) is 9.58. The highest BCUT2D eigenvalue weighted by molar-refractivity contribution is 5.41. The predicted molar refractivity (Wildman–Crippen MR) is 48.6 cm³/mol. The Morgan fingerprint density at radius 3 is 2.67 bits per heavy atom. The minimum absolute atomic E-state index is 0.672. The molecule has 0 N–H and O–H groups in total. The smallest absolute Gasteiger partial charge is 0.122 e. The summed E-state index contributed by atoms with van der Waals surface area (Å²) in [6.45, 7) is 6.45. The second kappa shape index (κ2) is 4.00. The van der Waals surface area contributed by atoms with Crippen LogP contribution in [0.5, 0.6) is 11.5 Å². The Morgan fingerprint density at radius 2 is 2.17 bits per heavy atom. The summed E-state index contributed by atoms with van der Waals surface area (Å²) in [4.78, 5) is 0. The maximum Gasteiger partial charge on any atom is 0.122 e. The third kappa shape index (κ3) is 1.91. The highest BCUT2D eigenvalue weighted by Crippen LogP contribution is 2.22. The average Bonchev–Trinajstić information content (AvgIpc) is 2.05. The first-order valence-electron chi connectivity index (χ1n) is 3.90. The van der Waals surface area contributed by atoms with Gasteiger partial charge in [0.15, 0.2) is 0 Å². The summed E-state index contributed by atoms with van der Waals surface area (Å²) >= 11 is 0. The molecule has 0 amide bonds. The Hall–Kier alpha value is -1.18. The van der Waals surface area contributed by atoms with Gasteiger partial charge in [0, 0.05) is 0 Å². The highest BCUT2D eigenvalue weighted by atomic mass is 16.5.